The van der Waals surface area contributed by atoms with Crippen LogP contribution in [-0.4, -0.2) is 33.4 Å². The van der Waals surface area contributed by atoms with E-state index >= 15 is 0 Å². The summed E-state index contributed by atoms with van der Waals surface area (Å²) in [5, 5.41) is 1.35. The van der Waals surface area contributed by atoms with E-state index in [1.807, 2.05) is 6.07 Å². The van der Waals surface area contributed by atoms with Crippen LogP contribution in [0.15, 0.2) is 30.3 Å². The zero-order valence-corrected chi connectivity index (χ0v) is 19.3. The normalized spacial score (nSPS) is 10.8. The monoisotopic (exact) mass is 445 g/mol. The number of aromatic nitrogens is 1. The molecule has 0 saturated heterocycles. The Balaban J connectivity index is 2.14. The molecule has 1 heterocycles. The van der Waals surface area contributed by atoms with Crippen molar-refractivity contribution in [3.05, 3.63) is 40.9 Å². The van der Waals surface area contributed by atoms with Crippen molar-refractivity contribution in [2.24, 2.45) is 0 Å². The molecule has 0 amide bonds. The van der Waals surface area contributed by atoms with Crippen LogP contribution in [0.3, 0.4) is 0 Å². The standard InChI is InChI=1S/C24H28ClNO5/c1-6-7-8-9-17-22(25)18-12-16(28-3)14-21(23(18)26-24(17)30-5)31-19-11-10-15(27-2)13-20(19)29-4/h10-14H,6-9H2,1-5H3. The molecule has 0 saturated carbocycles. The Labute approximate surface area is 188 Å². The van der Waals surface area contributed by atoms with Gasteiger partial charge in [-0.05, 0) is 31.0 Å². The fraction of sp³-hybridized carbons (Fsp3) is 0.375. The highest BCUT2D eigenvalue weighted by Crippen LogP contribution is 2.43. The number of ether oxygens (including phenoxy) is 5. The molecule has 0 aliphatic rings. The molecule has 0 unspecified atom stereocenters. The van der Waals surface area contributed by atoms with Crippen molar-refractivity contribution in [2.45, 2.75) is 32.6 Å². The van der Waals surface area contributed by atoms with E-state index in [1.54, 1.807) is 52.7 Å². The van der Waals surface area contributed by atoms with Gasteiger partial charge in [0.1, 0.15) is 17.0 Å². The van der Waals surface area contributed by atoms with E-state index in [0.717, 1.165) is 36.6 Å². The summed E-state index contributed by atoms with van der Waals surface area (Å²) in [7, 11) is 6.38. The SMILES string of the molecule is CCCCCc1c(OC)nc2c(Oc3ccc(OC)cc3OC)cc(OC)cc2c1Cl. The first-order chi connectivity index (χ1) is 15.1. The quantitative estimate of drug-likeness (QED) is 0.334. The van der Waals surface area contributed by atoms with Gasteiger partial charge in [-0.3, -0.25) is 0 Å². The topological polar surface area (TPSA) is 59.0 Å². The van der Waals surface area contributed by atoms with E-state index in [4.69, 9.17) is 40.3 Å². The van der Waals surface area contributed by atoms with E-state index in [9.17, 15) is 0 Å². The van der Waals surface area contributed by atoms with Gasteiger partial charge >= 0.3 is 0 Å². The Bertz CT molecular complexity index is 1050. The van der Waals surface area contributed by atoms with Crippen LogP contribution in [0, 0.1) is 0 Å². The Morgan fingerprint density at radius 3 is 2.19 bits per heavy atom. The van der Waals surface area contributed by atoms with E-state index in [2.05, 4.69) is 6.92 Å². The summed E-state index contributed by atoms with van der Waals surface area (Å²) in [5.74, 6) is 3.32. The van der Waals surface area contributed by atoms with Crippen LogP contribution in [-0.2, 0) is 6.42 Å². The summed E-state index contributed by atoms with van der Waals surface area (Å²) in [6.45, 7) is 2.17. The van der Waals surface area contributed by atoms with Crippen LogP contribution >= 0.6 is 11.6 Å². The van der Waals surface area contributed by atoms with Crippen molar-refractivity contribution in [1.29, 1.82) is 0 Å². The molecule has 0 aliphatic carbocycles. The van der Waals surface area contributed by atoms with Crippen LogP contribution in [0.25, 0.3) is 10.9 Å². The highest BCUT2D eigenvalue weighted by Gasteiger charge is 2.20. The first kappa shape index (κ1) is 22.8. The second-order valence-corrected chi connectivity index (χ2v) is 7.39. The number of halogens is 1. The summed E-state index contributed by atoms with van der Waals surface area (Å²) >= 11 is 6.83. The molecule has 166 valence electrons. The maximum absolute atomic E-state index is 6.83. The van der Waals surface area contributed by atoms with Gasteiger partial charge in [0.15, 0.2) is 17.2 Å². The van der Waals surface area contributed by atoms with Crippen LogP contribution in [0.1, 0.15) is 31.7 Å². The highest BCUT2D eigenvalue weighted by molar-refractivity contribution is 6.36. The highest BCUT2D eigenvalue weighted by atomic mass is 35.5. The fourth-order valence-electron chi connectivity index (χ4n) is 3.40. The Hall–Kier alpha value is -2.86. The number of fused-ring (bicyclic) bond motifs is 1. The van der Waals surface area contributed by atoms with Gasteiger partial charge in [0.2, 0.25) is 5.88 Å². The Morgan fingerprint density at radius 1 is 0.806 bits per heavy atom. The average molecular weight is 446 g/mol. The number of hydrogen-bond donors (Lipinski definition) is 0. The summed E-state index contributed by atoms with van der Waals surface area (Å²) in [5.41, 5.74) is 1.48. The summed E-state index contributed by atoms with van der Waals surface area (Å²) in [4.78, 5) is 4.74. The number of unbranched alkanes of at least 4 members (excludes halogenated alkanes) is 2. The fourth-order valence-corrected chi connectivity index (χ4v) is 3.72. The third kappa shape index (κ3) is 4.90. The van der Waals surface area contributed by atoms with Crippen molar-refractivity contribution in [3.63, 3.8) is 0 Å². The number of pyridine rings is 1. The molecule has 0 radical (unpaired) electrons. The van der Waals surface area contributed by atoms with Gasteiger partial charge in [-0.2, -0.15) is 0 Å². The molecule has 31 heavy (non-hydrogen) atoms. The van der Waals surface area contributed by atoms with Gasteiger partial charge in [0, 0.05) is 23.1 Å². The van der Waals surface area contributed by atoms with Crippen molar-refractivity contribution >= 4 is 22.5 Å². The van der Waals surface area contributed by atoms with Gasteiger partial charge < -0.3 is 23.7 Å². The zero-order valence-electron chi connectivity index (χ0n) is 18.6. The zero-order chi connectivity index (χ0) is 22.4. The van der Waals surface area contributed by atoms with Crippen molar-refractivity contribution in [2.75, 3.05) is 28.4 Å². The molecule has 0 bridgehead atoms. The van der Waals surface area contributed by atoms with Crippen LogP contribution in [0.4, 0.5) is 0 Å². The number of benzene rings is 2. The lowest BCUT2D eigenvalue weighted by Gasteiger charge is -2.17. The van der Waals surface area contributed by atoms with Gasteiger partial charge in [0.25, 0.3) is 0 Å². The second kappa shape index (κ2) is 10.4. The van der Waals surface area contributed by atoms with Crippen LogP contribution in [0.5, 0.6) is 34.6 Å². The molecular formula is C24H28ClNO5. The predicted octanol–water partition coefficient (Wildman–Crippen LogP) is 6.45. The molecular weight excluding hydrogens is 418 g/mol. The predicted molar refractivity (Wildman–Crippen MR) is 123 cm³/mol. The minimum atomic E-state index is 0.484. The number of rotatable bonds is 10. The van der Waals surface area contributed by atoms with Crippen LogP contribution < -0.4 is 23.7 Å². The van der Waals surface area contributed by atoms with Gasteiger partial charge in [0.05, 0.1) is 33.5 Å². The van der Waals surface area contributed by atoms with Crippen molar-refractivity contribution in [3.8, 4) is 34.6 Å². The molecule has 0 spiro atoms. The lowest BCUT2D eigenvalue weighted by Crippen LogP contribution is -2.00. The molecule has 3 rings (SSSR count). The number of nitrogens with zero attached hydrogens (tertiary/aromatic N) is 1. The molecule has 0 atom stereocenters. The largest absolute Gasteiger partial charge is 0.497 e. The molecule has 0 fully saturated rings. The van der Waals surface area contributed by atoms with Crippen molar-refractivity contribution in [1.82, 2.24) is 4.98 Å². The average Bonchev–Trinajstić information content (AvgIpc) is 2.80. The lowest BCUT2D eigenvalue weighted by molar-refractivity contribution is 0.367. The Morgan fingerprint density at radius 2 is 1.55 bits per heavy atom. The molecule has 2 aromatic carbocycles. The third-order valence-electron chi connectivity index (χ3n) is 5.07. The summed E-state index contributed by atoms with van der Waals surface area (Å²) in [6.07, 6.45) is 4.03. The first-order valence-electron chi connectivity index (χ1n) is 10.2. The third-order valence-corrected chi connectivity index (χ3v) is 5.50. The molecule has 6 nitrogen and oxygen atoms in total. The van der Waals surface area contributed by atoms with E-state index in [-0.39, 0.29) is 0 Å². The number of hydrogen-bond acceptors (Lipinski definition) is 6. The summed E-state index contributed by atoms with van der Waals surface area (Å²) < 4.78 is 28.0. The molecule has 1 aromatic heterocycles. The van der Waals surface area contributed by atoms with Gasteiger partial charge in [-0.15, -0.1) is 0 Å². The molecule has 7 heteroatoms. The molecule has 3 aromatic rings. The Kier molecular flexibility index (Phi) is 7.69. The summed E-state index contributed by atoms with van der Waals surface area (Å²) in [6, 6.07) is 8.97. The van der Waals surface area contributed by atoms with E-state index in [1.165, 1.54) is 0 Å². The van der Waals surface area contributed by atoms with Crippen LogP contribution in [0.2, 0.25) is 5.02 Å². The molecule has 0 N–H and O–H groups in total. The smallest absolute Gasteiger partial charge is 0.218 e. The second-order valence-electron chi connectivity index (χ2n) is 7.01. The van der Waals surface area contributed by atoms with Gasteiger partial charge in [-0.25, -0.2) is 4.98 Å². The minimum absolute atomic E-state index is 0.484. The molecule has 0 aliphatic heterocycles. The van der Waals surface area contributed by atoms with Crippen molar-refractivity contribution < 1.29 is 23.7 Å². The lowest BCUT2D eigenvalue weighted by atomic mass is 10.0. The van der Waals surface area contributed by atoms with E-state index in [0.29, 0.717) is 45.2 Å². The maximum Gasteiger partial charge on any atom is 0.218 e. The minimum Gasteiger partial charge on any atom is -0.497 e. The van der Waals surface area contributed by atoms with E-state index < -0.39 is 0 Å². The first-order valence-corrected chi connectivity index (χ1v) is 10.6. The maximum atomic E-state index is 6.83. The number of methoxy groups -OCH3 is 4. The van der Waals surface area contributed by atoms with Gasteiger partial charge in [-0.1, -0.05) is 31.4 Å².